The molecule has 0 amide bonds. The summed E-state index contributed by atoms with van der Waals surface area (Å²) < 4.78 is 13.2. The van der Waals surface area contributed by atoms with Gasteiger partial charge in [-0.2, -0.15) is 0 Å². The van der Waals surface area contributed by atoms with Gasteiger partial charge in [0.05, 0.1) is 5.56 Å². The molecule has 0 radical (unpaired) electrons. The number of carbonyl (C=O) groups excluding carboxylic acids is 1. The van der Waals surface area contributed by atoms with Crippen molar-refractivity contribution >= 4 is 23.9 Å². The maximum atomic E-state index is 13.2. The van der Waals surface area contributed by atoms with Gasteiger partial charge in [-0.1, -0.05) is 42.5 Å². The van der Waals surface area contributed by atoms with Gasteiger partial charge in [0.1, 0.15) is 5.82 Å². The van der Waals surface area contributed by atoms with Crippen LogP contribution in [0.15, 0.2) is 60.7 Å². The van der Waals surface area contributed by atoms with Crippen molar-refractivity contribution in [2.24, 2.45) is 0 Å². The van der Waals surface area contributed by atoms with Gasteiger partial charge in [-0.05, 0) is 71.0 Å². The van der Waals surface area contributed by atoms with Crippen LogP contribution < -0.4 is 0 Å². The first-order valence-corrected chi connectivity index (χ1v) is 9.49. The summed E-state index contributed by atoms with van der Waals surface area (Å²) in [5.74, 6) is -1.18. The van der Waals surface area contributed by atoms with Crippen LogP contribution in [-0.2, 0) is 6.42 Å². The van der Waals surface area contributed by atoms with Crippen LogP contribution in [0.5, 0.6) is 0 Å². The van der Waals surface area contributed by atoms with Crippen molar-refractivity contribution in [2.75, 3.05) is 0 Å². The lowest BCUT2D eigenvalue weighted by atomic mass is 9.89. The molecule has 3 aromatic rings. The Morgan fingerprint density at radius 2 is 1.66 bits per heavy atom. The SMILES string of the molecule is O=C(O)c1ccc(-c2ccc(F)cc2)cc1/C=C/c1ccc2c(c1)C(=O)CCC2. The van der Waals surface area contributed by atoms with Crippen LogP contribution in [0, 0.1) is 5.82 Å². The Balaban J connectivity index is 1.70. The highest BCUT2D eigenvalue weighted by atomic mass is 19.1. The summed E-state index contributed by atoms with van der Waals surface area (Å²) in [6.07, 6.45) is 5.93. The van der Waals surface area contributed by atoms with E-state index in [0.29, 0.717) is 12.0 Å². The van der Waals surface area contributed by atoms with Gasteiger partial charge in [-0.3, -0.25) is 4.79 Å². The first-order valence-electron chi connectivity index (χ1n) is 9.49. The summed E-state index contributed by atoms with van der Waals surface area (Å²) in [5.41, 5.74) is 5.01. The number of hydrogen-bond donors (Lipinski definition) is 1. The molecule has 0 aliphatic heterocycles. The normalized spacial score (nSPS) is 13.5. The van der Waals surface area contributed by atoms with Crippen molar-refractivity contribution in [3.05, 3.63) is 94.3 Å². The van der Waals surface area contributed by atoms with Crippen LogP contribution in [0.1, 0.15) is 50.2 Å². The smallest absolute Gasteiger partial charge is 0.336 e. The van der Waals surface area contributed by atoms with Crippen LogP contribution in [-0.4, -0.2) is 16.9 Å². The number of hydrogen-bond acceptors (Lipinski definition) is 2. The number of benzene rings is 3. The Morgan fingerprint density at radius 1 is 0.897 bits per heavy atom. The van der Waals surface area contributed by atoms with E-state index in [1.54, 1.807) is 36.4 Å². The van der Waals surface area contributed by atoms with Gasteiger partial charge < -0.3 is 5.11 Å². The number of Topliss-reactive ketones (excluding diaryl/α,β-unsaturated/α-hetero) is 1. The van der Waals surface area contributed by atoms with Gasteiger partial charge in [0, 0.05) is 12.0 Å². The van der Waals surface area contributed by atoms with E-state index in [1.165, 1.54) is 12.1 Å². The van der Waals surface area contributed by atoms with Gasteiger partial charge in [0.25, 0.3) is 0 Å². The monoisotopic (exact) mass is 386 g/mol. The highest BCUT2D eigenvalue weighted by Gasteiger charge is 2.17. The maximum absolute atomic E-state index is 13.2. The molecule has 0 fully saturated rings. The largest absolute Gasteiger partial charge is 0.478 e. The third kappa shape index (κ3) is 4.02. The van der Waals surface area contributed by atoms with Crippen molar-refractivity contribution in [3.63, 3.8) is 0 Å². The number of aryl methyl sites for hydroxylation is 1. The molecule has 4 heteroatoms. The van der Waals surface area contributed by atoms with E-state index in [1.807, 2.05) is 24.3 Å². The number of aromatic carboxylic acids is 1. The quantitative estimate of drug-likeness (QED) is 0.570. The number of halogens is 1. The molecule has 0 saturated heterocycles. The lowest BCUT2D eigenvalue weighted by molar-refractivity contribution is 0.0696. The Labute approximate surface area is 168 Å². The molecular formula is C25H19FO3. The minimum Gasteiger partial charge on any atom is -0.478 e. The molecule has 0 unspecified atom stereocenters. The second-order valence-electron chi connectivity index (χ2n) is 7.14. The molecule has 1 aliphatic carbocycles. The third-order valence-corrected chi connectivity index (χ3v) is 5.20. The van der Waals surface area contributed by atoms with Crippen molar-refractivity contribution < 1.29 is 19.1 Å². The first kappa shape index (κ1) is 18.8. The second kappa shape index (κ2) is 7.84. The van der Waals surface area contributed by atoms with E-state index in [9.17, 15) is 19.1 Å². The first-order chi connectivity index (χ1) is 14.0. The van der Waals surface area contributed by atoms with Crippen molar-refractivity contribution in [2.45, 2.75) is 19.3 Å². The predicted molar refractivity (Wildman–Crippen MR) is 111 cm³/mol. The number of carboxylic acids is 1. The Morgan fingerprint density at radius 3 is 2.41 bits per heavy atom. The molecule has 4 rings (SSSR count). The summed E-state index contributed by atoms with van der Waals surface area (Å²) in [5, 5.41) is 9.53. The number of carboxylic acid groups (broad SMARTS) is 1. The standard InChI is InChI=1S/C25H19FO3/c26-21-11-8-17(9-12-21)19-10-13-22(25(28)29)20(15-19)7-5-16-4-6-18-2-1-3-24(27)23(18)14-16/h4-15H,1-3H2,(H,28,29)/b7-5+. The molecule has 0 aromatic heterocycles. The van der Waals surface area contributed by atoms with Crippen molar-refractivity contribution in [1.82, 2.24) is 0 Å². The molecule has 0 saturated carbocycles. The van der Waals surface area contributed by atoms with E-state index in [0.717, 1.165) is 40.7 Å². The summed E-state index contributed by atoms with van der Waals surface area (Å²) in [6.45, 7) is 0. The number of ketones is 1. The van der Waals surface area contributed by atoms with Crippen molar-refractivity contribution in [3.8, 4) is 11.1 Å². The Hall–Kier alpha value is -3.53. The minimum atomic E-state index is -1.02. The van der Waals surface area contributed by atoms with Gasteiger partial charge >= 0.3 is 5.97 Å². The zero-order chi connectivity index (χ0) is 20.4. The average Bonchev–Trinajstić information content (AvgIpc) is 2.73. The number of fused-ring (bicyclic) bond motifs is 1. The third-order valence-electron chi connectivity index (χ3n) is 5.20. The zero-order valence-corrected chi connectivity index (χ0v) is 15.7. The second-order valence-corrected chi connectivity index (χ2v) is 7.14. The molecule has 3 aromatic carbocycles. The summed E-state index contributed by atoms with van der Waals surface area (Å²) in [4.78, 5) is 23.8. The predicted octanol–water partition coefficient (Wildman–Crippen LogP) is 5.88. The zero-order valence-electron chi connectivity index (χ0n) is 15.7. The number of rotatable bonds is 4. The minimum absolute atomic E-state index is 0.158. The van der Waals surface area contributed by atoms with E-state index in [-0.39, 0.29) is 17.2 Å². The lowest BCUT2D eigenvalue weighted by Gasteiger charge is -2.14. The molecular weight excluding hydrogens is 367 g/mol. The summed E-state index contributed by atoms with van der Waals surface area (Å²) in [7, 11) is 0. The van der Waals surface area contributed by atoms with Crippen LogP contribution >= 0.6 is 0 Å². The van der Waals surface area contributed by atoms with Crippen LogP contribution in [0.25, 0.3) is 23.3 Å². The van der Waals surface area contributed by atoms with Gasteiger partial charge in [0.2, 0.25) is 0 Å². The fourth-order valence-corrected chi connectivity index (χ4v) is 3.65. The van der Waals surface area contributed by atoms with E-state index < -0.39 is 5.97 Å². The van der Waals surface area contributed by atoms with Crippen LogP contribution in [0.3, 0.4) is 0 Å². The van der Waals surface area contributed by atoms with Crippen LogP contribution in [0.2, 0.25) is 0 Å². The average molecular weight is 386 g/mol. The fourth-order valence-electron chi connectivity index (χ4n) is 3.65. The highest BCUT2D eigenvalue weighted by Crippen LogP contribution is 2.26. The molecule has 144 valence electrons. The molecule has 0 atom stereocenters. The molecule has 3 nitrogen and oxygen atoms in total. The topological polar surface area (TPSA) is 54.4 Å². The highest BCUT2D eigenvalue weighted by molar-refractivity contribution is 5.99. The summed E-state index contributed by atoms with van der Waals surface area (Å²) in [6, 6.07) is 16.9. The van der Waals surface area contributed by atoms with Crippen molar-refractivity contribution in [1.29, 1.82) is 0 Å². The Bertz CT molecular complexity index is 1130. The molecule has 1 aliphatic rings. The number of carbonyl (C=O) groups is 2. The van der Waals surface area contributed by atoms with E-state index in [4.69, 9.17) is 0 Å². The molecule has 0 bridgehead atoms. The van der Waals surface area contributed by atoms with E-state index >= 15 is 0 Å². The molecule has 0 heterocycles. The maximum Gasteiger partial charge on any atom is 0.336 e. The van der Waals surface area contributed by atoms with Gasteiger partial charge in [-0.25, -0.2) is 9.18 Å². The molecule has 1 N–H and O–H groups in total. The molecule has 29 heavy (non-hydrogen) atoms. The van der Waals surface area contributed by atoms with E-state index in [2.05, 4.69) is 0 Å². The van der Waals surface area contributed by atoms with Crippen LogP contribution in [0.4, 0.5) is 4.39 Å². The van der Waals surface area contributed by atoms with Gasteiger partial charge in [-0.15, -0.1) is 0 Å². The molecule has 0 spiro atoms. The fraction of sp³-hybridized carbons (Fsp3) is 0.120. The lowest BCUT2D eigenvalue weighted by Crippen LogP contribution is -2.10. The van der Waals surface area contributed by atoms with Gasteiger partial charge in [0.15, 0.2) is 5.78 Å². The Kier molecular flexibility index (Phi) is 5.09. The summed E-state index contributed by atoms with van der Waals surface area (Å²) >= 11 is 0.